The van der Waals surface area contributed by atoms with Gasteiger partial charge in [0.2, 0.25) is 5.13 Å². The first-order chi connectivity index (χ1) is 30.6. The van der Waals surface area contributed by atoms with Crippen LogP contribution in [0.5, 0.6) is 0 Å². The van der Waals surface area contributed by atoms with Crippen LogP contribution in [0.25, 0.3) is 32.4 Å². The first-order valence-corrected chi connectivity index (χ1v) is 20.8. The number of aromatic amines is 2. The van der Waals surface area contributed by atoms with Gasteiger partial charge in [-0.15, -0.1) is 10.2 Å². The number of aromatic nitrogens is 6. The number of benzene rings is 4. The molecule has 11 N–H and O–H groups in total. The average Bonchev–Trinajstić information content (AvgIpc) is 4.05. The van der Waals surface area contributed by atoms with Crippen LogP contribution in [0.1, 0.15) is 93.9 Å². The quantitative estimate of drug-likeness (QED) is 0.0275. The number of ether oxygens (including phenoxy) is 1. The molecule has 0 amide bonds. The molecule has 4 aromatic carbocycles. The molecule has 7 aromatic rings. The second kappa shape index (κ2) is 27.2. The Kier molecular flexibility index (Phi) is 22.6. The van der Waals surface area contributed by atoms with Gasteiger partial charge in [-0.25, -0.2) is 23.2 Å². The van der Waals surface area contributed by atoms with E-state index in [0.717, 1.165) is 87.5 Å². The molecule has 21 heteroatoms. The van der Waals surface area contributed by atoms with Crippen LogP contribution in [-0.2, 0) is 17.6 Å². The number of halogens is 3. The summed E-state index contributed by atoms with van der Waals surface area (Å²) >= 11 is 4.27. The molecule has 17 nitrogen and oxygen atoms in total. The topological polar surface area (TPSA) is 299 Å². The van der Waals surface area contributed by atoms with Crippen LogP contribution >= 0.6 is 27.3 Å². The third kappa shape index (κ3) is 15.8. The monoisotopic (exact) mass is 967 g/mol. The smallest absolute Gasteiger partial charge is 0.335 e. The number of aromatic carboxylic acids is 3. The molecule has 0 saturated heterocycles. The SMILES string of the molecule is C/C=C/OCC.CCC(=O)c1cc(C(=O)O)ccc1F.CCc1[nH]nc2ccc(-c3nnc(N)s3)cc12.CCc1[nH]nc2ccc(C(=O)O)cc12.NN.O=C(O)c1ccc(F)c(Br)c1. The first-order valence-electron chi connectivity index (χ1n) is 19.2. The second-order valence-electron chi connectivity index (χ2n) is 12.5. The van der Waals surface area contributed by atoms with Gasteiger partial charge in [-0.3, -0.25) is 26.7 Å². The van der Waals surface area contributed by atoms with E-state index in [1.165, 1.54) is 23.5 Å². The van der Waals surface area contributed by atoms with E-state index < -0.39 is 35.3 Å². The summed E-state index contributed by atoms with van der Waals surface area (Å²) in [5.74, 6) is 3.32. The minimum absolute atomic E-state index is 0.0678. The zero-order chi connectivity index (χ0) is 47.9. The van der Waals surface area contributed by atoms with Crippen LogP contribution in [0.4, 0.5) is 13.9 Å². The van der Waals surface area contributed by atoms with Gasteiger partial charge in [0, 0.05) is 34.1 Å². The van der Waals surface area contributed by atoms with Gasteiger partial charge in [0.25, 0.3) is 0 Å². The Morgan fingerprint density at radius 1 is 0.734 bits per heavy atom. The minimum atomic E-state index is -1.17. The molecule has 7 rings (SSSR count). The number of hydrogen-bond donors (Lipinski definition) is 8. The molecule has 340 valence electrons. The van der Waals surface area contributed by atoms with E-state index in [2.05, 4.69) is 71.2 Å². The highest BCUT2D eigenvalue weighted by Gasteiger charge is 2.14. The number of carbonyl (C=O) groups is 4. The van der Waals surface area contributed by atoms with Crippen molar-refractivity contribution in [1.29, 1.82) is 0 Å². The molecule has 0 unspecified atom stereocenters. The first kappa shape index (κ1) is 53.2. The van der Waals surface area contributed by atoms with Crippen LogP contribution in [0.15, 0.2) is 89.6 Å². The maximum Gasteiger partial charge on any atom is 0.335 e. The highest BCUT2D eigenvalue weighted by atomic mass is 79.9. The number of carboxylic acids is 3. The van der Waals surface area contributed by atoms with Gasteiger partial charge in [0.1, 0.15) is 16.6 Å². The average molecular weight is 969 g/mol. The summed E-state index contributed by atoms with van der Waals surface area (Å²) < 4.78 is 30.5. The summed E-state index contributed by atoms with van der Waals surface area (Å²) in [5, 5.41) is 51.4. The molecule has 0 aliphatic heterocycles. The fourth-order valence-electron chi connectivity index (χ4n) is 5.17. The number of nitrogens with zero attached hydrogens (tertiary/aromatic N) is 4. The third-order valence-electron chi connectivity index (χ3n) is 8.31. The van der Waals surface area contributed by atoms with Crippen LogP contribution in [0, 0.1) is 11.6 Å². The molecule has 0 fully saturated rings. The molecule has 0 spiro atoms. The van der Waals surface area contributed by atoms with Gasteiger partial charge in [-0.05, 0) is 115 Å². The summed E-state index contributed by atoms with van der Waals surface area (Å²) in [6, 6.07) is 17.7. The molecule has 0 bridgehead atoms. The van der Waals surface area contributed by atoms with E-state index >= 15 is 0 Å². The fraction of sp³-hybridized carbons (Fsp3) is 0.209. The number of ketones is 1. The highest BCUT2D eigenvalue weighted by Crippen LogP contribution is 2.28. The molecule has 0 saturated carbocycles. The number of fused-ring (bicyclic) bond motifs is 2. The highest BCUT2D eigenvalue weighted by molar-refractivity contribution is 9.10. The number of carbonyl (C=O) groups excluding carboxylic acids is 1. The number of nitrogens with two attached hydrogens (primary N) is 3. The molecule has 0 aliphatic rings. The fourth-order valence-corrected chi connectivity index (χ4v) is 6.15. The number of nitrogens with one attached hydrogen (secondary N) is 2. The van der Waals surface area contributed by atoms with Crippen molar-refractivity contribution in [2.75, 3.05) is 12.3 Å². The number of Topliss-reactive ketones (excluding diaryl/α,β-unsaturated/α-hetero) is 1. The zero-order valence-corrected chi connectivity index (χ0v) is 37.8. The number of hydrazine groups is 1. The van der Waals surface area contributed by atoms with Crippen molar-refractivity contribution in [3.8, 4) is 10.6 Å². The Labute approximate surface area is 378 Å². The zero-order valence-electron chi connectivity index (χ0n) is 35.4. The van der Waals surface area contributed by atoms with E-state index in [1.807, 2.05) is 39.0 Å². The summed E-state index contributed by atoms with van der Waals surface area (Å²) in [6.45, 7) is 10.3. The molecular weight excluding hydrogens is 920 g/mol. The summed E-state index contributed by atoms with van der Waals surface area (Å²) in [6.07, 6.45) is 5.45. The number of H-pyrrole nitrogens is 2. The lowest BCUT2D eigenvalue weighted by Gasteiger charge is -2.01. The number of nitrogen functional groups attached to an aromatic ring is 1. The second-order valence-corrected chi connectivity index (χ2v) is 14.3. The van der Waals surface area contributed by atoms with E-state index in [9.17, 15) is 28.0 Å². The van der Waals surface area contributed by atoms with Gasteiger partial charge >= 0.3 is 17.9 Å². The van der Waals surface area contributed by atoms with Crippen LogP contribution < -0.4 is 17.4 Å². The van der Waals surface area contributed by atoms with Gasteiger partial charge in [0.15, 0.2) is 5.78 Å². The van der Waals surface area contributed by atoms with E-state index in [4.69, 9.17) is 25.8 Å². The van der Waals surface area contributed by atoms with Crippen LogP contribution in [-0.4, -0.2) is 76.2 Å². The lowest BCUT2D eigenvalue weighted by molar-refractivity contribution is 0.0685. The Morgan fingerprint density at radius 2 is 1.23 bits per heavy atom. The summed E-state index contributed by atoms with van der Waals surface area (Å²) in [7, 11) is 0. The van der Waals surface area contributed by atoms with Gasteiger partial charge < -0.3 is 25.8 Å². The third-order valence-corrected chi connectivity index (χ3v) is 9.72. The molecule has 0 atom stereocenters. The number of allylic oxidation sites excluding steroid dienone is 1. The number of carboxylic acid groups (broad SMARTS) is 3. The summed E-state index contributed by atoms with van der Waals surface area (Å²) in [4.78, 5) is 42.8. The Hall–Kier alpha value is -6.94. The predicted octanol–water partition coefficient (Wildman–Crippen LogP) is 8.83. The van der Waals surface area contributed by atoms with Crippen LogP contribution in [0.3, 0.4) is 0 Å². The molecule has 3 heterocycles. The van der Waals surface area contributed by atoms with Crippen molar-refractivity contribution >= 4 is 77.9 Å². The van der Waals surface area contributed by atoms with Gasteiger partial charge in [-0.2, -0.15) is 10.2 Å². The number of rotatable bonds is 10. The number of hydrogen-bond acceptors (Lipinski definition) is 13. The lowest BCUT2D eigenvalue weighted by Crippen LogP contribution is -2.04. The normalized spacial score (nSPS) is 10.1. The number of anilines is 1. The Balaban J connectivity index is 0.000000280. The molecule has 3 aromatic heterocycles. The van der Waals surface area contributed by atoms with Gasteiger partial charge in [0.05, 0.1) is 50.6 Å². The largest absolute Gasteiger partial charge is 0.502 e. The standard InChI is InChI=1S/C11H11N5S.C10H9FO3.C10H10N2O2.C7H4BrFO2.C5H10O.H4N2/c1-2-8-7-5-6(3-4-9(7)14-13-8)10-15-16-11(12)17-10;1-2-9(12)7-5-6(10(13)14)3-4-8(7)11;1-2-8-7-5-6(10(13)14)3-4-9(7)12-11-8;8-5-3-4(7(10)11)1-2-6(5)9;1-3-5-6-4-2;1-2/h3-5H,2H2,1H3,(H2,12,16)(H,13,14);3-5H,2H2,1H3,(H,13,14);3-5H,2H2,1H3,(H,11,12)(H,13,14);1-3H,(H,10,11);3,5H,4H2,1-2H3;1-2H2/b;;;;5-3+;. The van der Waals surface area contributed by atoms with Crippen molar-refractivity contribution in [1.82, 2.24) is 30.6 Å². The lowest BCUT2D eigenvalue weighted by atomic mass is 10.1. The minimum Gasteiger partial charge on any atom is -0.502 e. The van der Waals surface area contributed by atoms with E-state index in [-0.39, 0.29) is 27.6 Å². The van der Waals surface area contributed by atoms with Crippen LogP contribution in [0.2, 0.25) is 0 Å². The molecule has 64 heavy (non-hydrogen) atoms. The maximum atomic E-state index is 13.1. The van der Waals surface area contributed by atoms with Crippen molar-refractivity contribution < 1.29 is 48.0 Å². The predicted molar refractivity (Wildman–Crippen MR) is 245 cm³/mol. The molecule has 0 aliphatic carbocycles. The molecule has 0 radical (unpaired) electrons. The number of aryl methyl sites for hydroxylation is 2. The van der Waals surface area contributed by atoms with Crippen molar-refractivity contribution in [3.63, 3.8) is 0 Å². The van der Waals surface area contributed by atoms with E-state index in [0.29, 0.717) is 10.7 Å². The van der Waals surface area contributed by atoms with E-state index in [1.54, 1.807) is 31.4 Å². The maximum absolute atomic E-state index is 13.1. The Bertz CT molecular complexity index is 2670. The summed E-state index contributed by atoms with van der Waals surface area (Å²) in [5.41, 5.74) is 10.6. The molecular formula is C43H48BrF2N9O8S. The van der Waals surface area contributed by atoms with Crippen molar-refractivity contribution in [2.45, 2.75) is 53.9 Å². The van der Waals surface area contributed by atoms with Crippen molar-refractivity contribution in [2.24, 2.45) is 11.7 Å². The van der Waals surface area contributed by atoms with Gasteiger partial charge in [-0.1, -0.05) is 38.2 Å². The van der Waals surface area contributed by atoms with Crippen molar-refractivity contribution in [3.05, 3.63) is 135 Å². The Morgan fingerprint density at radius 3 is 1.69 bits per heavy atom.